The number of hydrogen-bond acceptors (Lipinski definition) is 6. The second-order valence-corrected chi connectivity index (χ2v) is 9.33. The minimum absolute atomic E-state index is 0.113. The minimum atomic E-state index is -4.59. The second-order valence-electron chi connectivity index (χ2n) is 9.33. The Morgan fingerprint density at radius 2 is 1.69 bits per heavy atom. The number of nitrogens with zero attached hydrogens (tertiary/aromatic N) is 4. The van der Waals surface area contributed by atoms with Gasteiger partial charge in [-0.25, -0.2) is 4.98 Å². The molecule has 0 amide bonds. The fourth-order valence-corrected chi connectivity index (χ4v) is 5.09. The van der Waals surface area contributed by atoms with Gasteiger partial charge in [-0.05, 0) is 48.0 Å². The van der Waals surface area contributed by atoms with E-state index in [1.807, 2.05) is 24.3 Å². The highest BCUT2D eigenvalue weighted by Gasteiger charge is 2.36. The molecule has 0 atom stereocenters. The normalized spacial score (nSPS) is 14.2. The predicted octanol–water partition coefficient (Wildman–Crippen LogP) is 5.04. The lowest BCUT2D eigenvalue weighted by Gasteiger charge is -2.32. The van der Waals surface area contributed by atoms with E-state index in [4.69, 9.17) is 4.74 Å². The zero-order chi connectivity index (χ0) is 27.1. The Morgan fingerprint density at radius 3 is 2.41 bits per heavy atom. The predicted molar refractivity (Wildman–Crippen MR) is 145 cm³/mol. The van der Waals surface area contributed by atoms with Crippen molar-refractivity contribution < 1.29 is 17.9 Å². The zero-order valence-electron chi connectivity index (χ0n) is 21.0. The van der Waals surface area contributed by atoms with Crippen LogP contribution in [0.5, 0.6) is 5.88 Å². The molecule has 0 unspecified atom stereocenters. The molecule has 0 aliphatic carbocycles. The van der Waals surface area contributed by atoms with Gasteiger partial charge >= 0.3 is 6.18 Å². The monoisotopic (exact) mass is 531 g/mol. The number of hydrogen-bond donors (Lipinski definition) is 1. The van der Waals surface area contributed by atoms with Crippen molar-refractivity contribution >= 4 is 27.5 Å². The number of aromatic nitrogens is 3. The van der Waals surface area contributed by atoms with Gasteiger partial charge in [-0.1, -0.05) is 6.07 Å². The minimum Gasteiger partial charge on any atom is -0.481 e. The van der Waals surface area contributed by atoms with Gasteiger partial charge in [0.15, 0.2) is 0 Å². The van der Waals surface area contributed by atoms with Crippen molar-refractivity contribution in [1.82, 2.24) is 19.9 Å². The molecule has 1 N–H and O–H groups in total. The maximum Gasteiger partial charge on any atom is 0.418 e. The highest BCUT2D eigenvalue weighted by atomic mass is 19.4. The standard InChI is InChI=1S/C29H24F3N5O2/c1-39-26-8-3-19(16-35-26)18-2-6-24-22(14-18)28-20(17-34-24)4-9-27(38)37(28)21-5-7-25(23(15-21)29(30,31)32)36-12-10-33-11-13-36/h2-9,14-17,33H,10-13H2,1H3. The molecule has 0 saturated carbocycles. The van der Waals surface area contributed by atoms with E-state index >= 15 is 0 Å². The summed E-state index contributed by atoms with van der Waals surface area (Å²) in [6, 6.07) is 16.3. The summed E-state index contributed by atoms with van der Waals surface area (Å²) in [5, 5.41) is 4.43. The Bertz CT molecular complexity index is 1740. The Labute approximate surface area is 221 Å². The average molecular weight is 532 g/mol. The van der Waals surface area contributed by atoms with Crippen molar-refractivity contribution in [2.45, 2.75) is 6.18 Å². The van der Waals surface area contributed by atoms with Crippen LogP contribution in [0.1, 0.15) is 5.56 Å². The molecule has 3 aromatic heterocycles. The van der Waals surface area contributed by atoms with Crippen LogP contribution in [-0.2, 0) is 6.18 Å². The number of nitrogens with one attached hydrogen (secondary N) is 1. The fraction of sp³-hybridized carbons (Fsp3) is 0.207. The number of pyridine rings is 3. The molecule has 5 aromatic rings. The second kappa shape index (κ2) is 9.70. The third-order valence-corrected chi connectivity index (χ3v) is 7.00. The molecule has 10 heteroatoms. The zero-order valence-corrected chi connectivity index (χ0v) is 21.0. The van der Waals surface area contributed by atoms with E-state index in [1.54, 1.807) is 35.5 Å². The van der Waals surface area contributed by atoms with Crippen molar-refractivity contribution in [3.8, 4) is 22.7 Å². The quantitative estimate of drug-likeness (QED) is 0.328. The molecular formula is C29H24F3N5O2. The lowest BCUT2D eigenvalue weighted by molar-refractivity contribution is -0.137. The molecule has 2 aromatic carbocycles. The molecule has 7 nitrogen and oxygen atoms in total. The maximum absolute atomic E-state index is 14.3. The molecule has 1 fully saturated rings. The smallest absolute Gasteiger partial charge is 0.418 e. The lowest BCUT2D eigenvalue weighted by Crippen LogP contribution is -2.44. The molecule has 39 heavy (non-hydrogen) atoms. The van der Waals surface area contributed by atoms with E-state index in [2.05, 4.69) is 15.3 Å². The topological polar surface area (TPSA) is 72.3 Å². The molecule has 198 valence electrons. The molecule has 4 heterocycles. The van der Waals surface area contributed by atoms with Crippen LogP contribution >= 0.6 is 0 Å². The number of methoxy groups -OCH3 is 1. The number of alkyl halides is 3. The van der Waals surface area contributed by atoms with Crippen molar-refractivity contribution in [3.05, 3.63) is 89.0 Å². The first-order valence-corrected chi connectivity index (χ1v) is 12.5. The lowest BCUT2D eigenvalue weighted by atomic mass is 10.0. The van der Waals surface area contributed by atoms with Crippen LogP contribution in [0.15, 0.2) is 77.9 Å². The number of halogens is 3. The number of ether oxygens (including phenoxy) is 1. The number of piperazine rings is 1. The summed E-state index contributed by atoms with van der Waals surface area (Å²) in [7, 11) is 1.54. The van der Waals surface area contributed by atoms with Crippen molar-refractivity contribution in [3.63, 3.8) is 0 Å². The van der Waals surface area contributed by atoms with E-state index in [9.17, 15) is 18.0 Å². The van der Waals surface area contributed by atoms with Crippen LogP contribution in [0.2, 0.25) is 0 Å². The SMILES string of the molecule is COc1ccc(-c2ccc3ncc4ccc(=O)n(-c5ccc(N6CCNCC6)c(C(F)(F)F)c5)c4c3c2)cn1. The number of fused-ring (bicyclic) bond motifs is 3. The summed E-state index contributed by atoms with van der Waals surface area (Å²) in [4.78, 5) is 23.8. The largest absolute Gasteiger partial charge is 0.481 e. The fourth-order valence-electron chi connectivity index (χ4n) is 5.09. The summed E-state index contributed by atoms with van der Waals surface area (Å²) in [6.45, 7) is 2.14. The van der Waals surface area contributed by atoms with Crippen LogP contribution < -0.4 is 20.5 Å². The van der Waals surface area contributed by atoms with Gasteiger partial charge in [0.25, 0.3) is 5.56 Å². The maximum atomic E-state index is 14.3. The van der Waals surface area contributed by atoms with Crippen molar-refractivity contribution in [2.24, 2.45) is 0 Å². The summed E-state index contributed by atoms with van der Waals surface area (Å²) in [6.07, 6.45) is -1.29. The summed E-state index contributed by atoms with van der Waals surface area (Å²) in [5.74, 6) is 0.477. The molecular weight excluding hydrogens is 507 g/mol. The van der Waals surface area contributed by atoms with Gasteiger partial charge in [-0.2, -0.15) is 13.2 Å². The first kappa shape index (κ1) is 24.9. The van der Waals surface area contributed by atoms with Gasteiger partial charge in [0.1, 0.15) is 0 Å². The Hall–Kier alpha value is -4.44. The van der Waals surface area contributed by atoms with E-state index in [0.717, 1.165) is 17.2 Å². The first-order chi connectivity index (χ1) is 18.8. The van der Waals surface area contributed by atoms with Gasteiger partial charge in [0.05, 0.1) is 29.4 Å². The summed E-state index contributed by atoms with van der Waals surface area (Å²) < 4.78 is 49.4. The van der Waals surface area contributed by atoms with Gasteiger partial charge in [-0.3, -0.25) is 14.3 Å². The molecule has 1 aliphatic rings. The van der Waals surface area contributed by atoms with Crippen LogP contribution in [0, 0.1) is 0 Å². The van der Waals surface area contributed by atoms with Crippen LogP contribution in [0.3, 0.4) is 0 Å². The third-order valence-electron chi connectivity index (χ3n) is 7.00. The van der Waals surface area contributed by atoms with Gasteiger partial charge in [-0.15, -0.1) is 0 Å². The molecule has 1 saturated heterocycles. The van der Waals surface area contributed by atoms with Gasteiger partial charge < -0.3 is 15.0 Å². The van der Waals surface area contributed by atoms with Crippen LogP contribution in [0.4, 0.5) is 18.9 Å². The van der Waals surface area contributed by atoms with E-state index in [1.165, 1.54) is 23.8 Å². The van der Waals surface area contributed by atoms with E-state index in [0.29, 0.717) is 53.9 Å². The van der Waals surface area contributed by atoms with Crippen LogP contribution in [0.25, 0.3) is 38.6 Å². The molecule has 0 radical (unpaired) electrons. The van der Waals surface area contributed by atoms with Gasteiger partial charge in [0, 0.05) is 72.7 Å². The summed E-state index contributed by atoms with van der Waals surface area (Å²) >= 11 is 0. The molecule has 1 aliphatic heterocycles. The third kappa shape index (κ3) is 4.57. The molecule has 6 rings (SSSR count). The Morgan fingerprint density at radius 1 is 0.897 bits per heavy atom. The van der Waals surface area contributed by atoms with Crippen LogP contribution in [-0.4, -0.2) is 47.8 Å². The number of benzene rings is 2. The van der Waals surface area contributed by atoms with Crippen molar-refractivity contribution in [1.29, 1.82) is 0 Å². The number of anilines is 1. The van der Waals surface area contributed by atoms with Gasteiger partial charge in [0.2, 0.25) is 5.88 Å². The molecule has 0 spiro atoms. The van der Waals surface area contributed by atoms with Crippen molar-refractivity contribution in [2.75, 3.05) is 38.2 Å². The van der Waals surface area contributed by atoms with E-state index < -0.39 is 17.3 Å². The first-order valence-electron chi connectivity index (χ1n) is 12.5. The number of rotatable bonds is 4. The van der Waals surface area contributed by atoms with E-state index in [-0.39, 0.29) is 11.4 Å². The average Bonchev–Trinajstić information content (AvgIpc) is 2.96. The Balaban J connectivity index is 1.58. The summed E-state index contributed by atoms with van der Waals surface area (Å²) in [5.41, 5.74) is 1.78. The Kier molecular flexibility index (Phi) is 6.19. The highest BCUT2D eigenvalue weighted by molar-refractivity contribution is 6.05. The molecule has 0 bridgehead atoms. The highest BCUT2D eigenvalue weighted by Crippen LogP contribution is 2.39.